The molecule has 1 aliphatic heterocycles. The highest BCUT2D eigenvalue weighted by molar-refractivity contribution is 6.30. The zero-order valence-electron chi connectivity index (χ0n) is 17.6. The van der Waals surface area contributed by atoms with Gasteiger partial charge in [-0.05, 0) is 64.4 Å². The average Bonchev–Trinajstić information content (AvgIpc) is 3.23. The number of nitrogens with zero attached hydrogens (tertiary/aromatic N) is 1. The minimum absolute atomic E-state index is 0.973. The fraction of sp³-hybridized carbons (Fsp3) is 0.167. The lowest BCUT2D eigenvalue weighted by Gasteiger charge is -2.18. The van der Waals surface area contributed by atoms with Gasteiger partial charge in [0.15, 0.2) is 0 Å². The molecular weight excluding hydrogens is 374 g/mol. The molecule has 0 bridgehead atoms. The summed E-state index contributed by atoms with van der Waals surface area (Å²) in [4.78, 5) is 4.57. The molecule has 4 aromatic rings. The molecule has 2 aliphatic carbocycles. The molecule has 7 rings (SSSR count). The number of hydrogen-bond donors (Lipinski definition) is 0. The molecule has 4 aromatic carbocycles. The van der Waals surface area contributed by atoms with Crippen molar-refractivity contribution in [1.29, 1.82) is 0 Å². The second-order valence-electron chi connectivity index (χ2n) is 8.58. The second kappa shape index (κ2) is 7.67. The van der Waals surface area contributed by atoms with E-state index in [9.17, 15) is 0 Å². The molecule has 0 N–H and O–H groups in total. The first kappa shape index (κ1) is 18.3. The van der Waals surface area contributed by atoms with E-state index in [0.717, 1.165) is 12.1 Å². The first-order chi connectivity index (χ1) is 15.4. The predicted octanol–water partition coefficient (Wildman–Crippen LogP) is 7.99. The van der Waals surface area contributed by atoms with E-state index in [1.807, 2.05) is 6.07 Å². The van der Waals surface area contributed by atoms with Crippen molar-refractivity contribution < 1.29 is 0 Å². The normalized spacial score (nSPS) is 16.0. The van der Waals surface area contributed by atoms with E-state index < -0.39 is 0 Å². The highest BCUT2D eigenvalue weighted by Gasteiger charge is 2.19. The molecule has 0 spiro atoms. The Hall–Kier alpha value is -3.45. The summed E-state index contributed by atoms with van der Waals surface area (Å²) in [6.45, 7) is 0. The van der Waals surface area contributed by atoms with Crippen LogP contribution in [0.15, 0.2) is 96.0 Å². The summed E-state index contributed by atoms with van der Waals surface area (Å²) in [6, 6.07) is 26.3. The van der Waals surface area contributed by atoms with E-state index in [-0.39, 0.29) is 0 Å². The maximum absolute atomic E-state index is 4.57. The molecule has 31 heavy (non-hydrogen) atoms. The fourth-order valence-corrected chi connectivity index (χ4v) is 5.19. The Morgan fingerprint density at radius 1 is 0.677 bits per heavy atom. The largest absolute Gasteiger partial charge is 0.252 e. The minimum atomic E-state index is 0.973. The molecule has 0 radical (unpaired) electrons. The van der Waals surface area contributed by atoms with Crippen molar-refractivity contribution in [1.82, 2.24) is 0 Å². The third-order valence-electron chi connectivity index (χ3n) is 6.73. The fourth-order valence-electron chi connectivity index (χ4n) is 5.19. The number of aryl methyl sites for hydroxylation is 2. The van der Waals surface area contributed by atoms with Gasteiger partial charge in [-0.25, -0.2) is 0 Å². The highest BCUT2D eigenvalue weighted by Crippen LogP contribution is 2.37. The monoisotopic (exact) mass is 399 g/mol. The van der Waals surface area contributed by atoms with Crippen molar-refractivity contribution >= 4 is 38.5 Å². The minimum Gasteiger partial charge on any atom is -0.252 e. The van der Waals surface area contributed by atoms with Gasteiger partial charge in [-0.1, -0.05) is 85.0 Å². The van der Waals surface area contributed by atoms with Gasteiger partial charge in [0.05, 0.1) is 11.4 Å². The van der Waals surface area contributed by atoms with Gasteiger partial charge in [0, 0.05) is 17.6 Å². The van der Waals surface area contributed by atoms with Gasteiger partial charge in [-0.2, -0.15) is 0 Å². The van der Waals surface area contributed by atoms with E-state index in [1.54, 1.807) is 11.1 Å². The molecule has 0 atom stereocenters. The lowest BCUT2D eigenvalue weighted by Crippen LogP contribution is -2.02. The maximum Gasteiger partial charge on any atom is 0.0712 e. The molecule has 1 heterocycles. The van der Waals surface area contributed by atoms with E-state index in [1.165, 1.54) is 64.1 Å². The number of allylic oxidation sites excluding steroid dienone is 4. The van der Waals surface area contributed by atoms with Crippen LogP contribution in [-0.2, 0) is 12.8 Å². The number of benzene rings is 4. The quantitative estimate of drug-likeness (QED) is 0.266. The third-order valence-corrected chi connectivity index (χ3v) is 6.73. The number of hydrogen-bond acceptors (Lipinski definition) is 1. The standard InChI is InChI=1S/C18H16.C12H9N/c1-3-7-15-13(5-1)9-11-18-16-8-4-2-6-14(16)10-12-17(15)18;1-3-7-11-9(5-1)10-6-2-4-8-12(10)13-11/h1,3,5,7,9-12H,2,4,6,8H2;1-7H,8H2. The molecule has 1 heteroatoms. The summed E-state index contributed by atoms with van der Waals surface area (Å²) in [7, 11) is 0. The van der Waals surface area contributed by atoms with Crippen LogP contribution in [0.2, 0.25) is 0 Å². The zero-order valence-corrected chi connectivity index (χ0v) is 17.6. The van der Waals surface area contributed by atoms with E-state index in [2.05, 4.69) is 90.0 Å². The van der Waals surface area contributed by atoms with Gasteiger partial charge in [0.2, 0.25) is 0 Å². The van der Waals surface area contributed by atoms with Crippen LogP contribution in [0.25, 0.3) is 27.1 Å². The van der Waals surface area contributed by atoms with Gasteiger partial charge >= 0.3 is 0 Å². The van der Waals surface area contributed by atoms with E-state index in [4.69, 9.17) is 0 Å². The molecular formula is C30H25N. The summed E-state index contributed by atoms with van der Waals surface area (Å²) >= 11 is 0. The van der Waals surface area contributed by atoms with Crippen molar-refractivity contribution in [2.75, 3.05) is 0 Å². The summed E-state index contributed by atoms with van der Waals surface area (Å²) in [5, 5.41) is 5.64. The molecule has 0 saturated carbocycles. The number of para-hydroxylation sites is 1. The van der Waals surface area contributed by atoms with Crippen LogP contribution in [0.5, 0.6) is 0 Å². The Morgan fingerprint density at radius 2 is 1.52 bits per heavy atom. The van der Waals surface area contributed by atoms with Gasteiger partial charge in [0.1, 0.15) is 0 Å². The van der Waals surface area contributed by atoms with Crippen molar-refractivity contribution in [3.05, 3.63) is 108 Å². The van der Waals surface area contributed by atoms with Crippen LogP contribution >= 0.6 is 0 Å². The predicted molar refractivity (Wildman–Crippen MR) is 133 cm³/mol. The molecule has 3 aliphatic rings. The molecule has 0 unspecified atom stereocenters. The average molecular weight is 400 g/mol. The van der Waals surface area contributed by atoms with E-state index in [0.29, 0.717) is 0 Å². The first-order valence-corrected chi connectivity index (χ1v) is 11.3. The Bertz CT molecular complexity index is 1400. The van der Waals surface area contributed by atoms with Crippen molar-refractivity contribution in [3.63, 3.8) is 0 Å². The summed E-state index contributed by atoms with van der Waals surface area (Å²) in [5.41, 5.74) is 8.09. The number of rotatable bonds is 0. The maximum atomic E-state index is 4.57. The lowest BCUT2D eigenvalue weighted by atomic mass is 9.86. The third kappa shape index (κ3) is 3.21. The van der Waals surface area contributed by atoms with Crippen molar-refractivity contribution in [2.24, 2.45) is 4.99 Å². The van der Waals surface area contributed by atoms with Gasteiger partial charge in [-0.15, -0.1) is 0 Å². The molecule has 150 valence electrons. The number of aliphatic imine (C=N–C) groups is 1. The van der Waals surface area contributed by atoms with Crippen molar-refractivity contribution in [3.8, 4) is 0 Å². The molecule has 0 fully saturated rings. The Balaban J connectivity index is 0.000000126. The Kier molecular flexibility index (Phi) is 4.53. The van der Waals surface area contributed by atoms with Crippen LogP contribution in [0.3, 0.4) is 0 Å². The van der Waals surface area contributed by atoms with Crippen molar-refractivity contribution in [2.45, 2.75) is 32.1 Å². The van der Waals surface area contributed by atoms with Crippen LogP contribution in [0.4, 0.5) is 5.69 Å². The zero-order chi connectivity index (χ0) is 20.6. The number of fused-ring (bicyclic) bond motifs is 8. The van der Waals surface area contributed by atoms with Crippen LogP contribution in [0, 0.1) is 0 Å². The molecule has 0 saturated heterocycles. The second-order valence-corrected chi connectivity index (χ2v) is 8.58. The van der Waals surface area contributed by atoms with Gasteiger partial charge in [-0.3, -0.25) is 4.99 Å². The van der Waals surface area contributed by atoms with Crippen LogP contribution in [-0.4, -0.2) is 5.71 Å². The summed E-state index contributed by atoms with van der Waals surface area (Å²) < 4.78 is 0. The SMILES string of the molecule is C1=CCC2=Nc3ccccc3C2=C1.c1ccc2c(c1)ccc1c3c(ccc12)CCCC3. The Labute approximate surface area is 183 Å². The molecule has 0 aromatic heterocycles. The Morgan fingerprint density at radius 3 is 2.52 bits per heavy atom. The van der Waals surface area contributed by atoms with Crippen LogP contribution < -0.4 is 0 Å². The van der Waals surface area contributed by atoms with Crippen LogP contribution in [0.1, 0.15) is 36.0 Å². The summed E-state index contributed by atoms with van der Waals surface area (Å²) in [5.74, 6) is 0. The lowest BCUT2D eigenvalue weighted by molar-refractivity contribution is 0.690. The smallest absolute Gasteiger partial charge is 0.0712 e. The van der Waals surface area contributed by atoms with Gasteiger partial charge in [0.25, 0.3) is 0 Å². The van der Waals surface area contributed by atoms with E-state index >= 15 is 0 Å². The first-order valence-electron chi connectivity index (χ1n) is 11.3. The van der Waals surface area contributed by atoms with Gasteiger partial charge < -0.3 is 0 Å². The summed E-state index contributed by atoms with van der Waals surface area (Å²) in [6.07, 6.45) is 12.6. The topological polar surface area (TPSA) is 12.4 Å². The molecule has 0 amide bonds. The molecule has 1 nitrogen and oxygen atoms in total. The highest BCUT2D eigenvalue weighted by atomic mass is 14.8.